The Labute approximate surface area is 444 Å². The molecule has 0 aromatic heterocycles. The van der Waals surface area contributed by atoms with Crippen LogP contribution in [-0.2, 0) is 39.0 Å². The zero-order chi connectivity index (χ0) is 52.0. The van der Waals surface area contributed by atoms with E-state index in [2.05, 4.69) is 246 Å². The summed E-state index contributed by atoms with van der Waals surface area (Å²) in [6.45, 7) is 36.8. The summed E-state index contributed by atoms with van der Waals surface area (Å²) < 4.78 is 0. The number of rotatable bonds is 3. The molecule has 13 rings (SSSR count). The van der Waals surface area contributed by atoms with Gasteiger partial charge in [-0.2, -0.15) is 0 Å². The summed E-state index contributed by atoms with van der Waals surface area (Å²) in [5, 5.41) is 0. The molecule has 4 heterocycles. The Morgan fingerprint density at radius 3 is 1.85 bits per heavy atom. The Balaban J connectivity index is 1.22. The van der Waals surface area contributed by atoms with E-state index in [1.807, 2.05) is 0 Å². The zero-order valence-corrected chi connectivity index (χ0v) is 47.3. The quantitative estimate of drug-likeness (QED) is 0.163. The first-order valence-electron chi connectivity index (χ1n) is 28.2. The second kappa shape index (κ2) is 15.3. The minimum Gasteiger partial charge on any atom is -0.334 e. The molecule has 2 aliphatic carbocycles. The van der Waals surface area contributed by atoms with Crippen molar-refractivity contribution >= 4 is 62.9 Å². The predicted octanol–water partition coefficient (Wildman–Crippen LogP) is 16.5. The molecule has 0 saturated heterocycles. The maximum absolute atomic E-state index is 2.94. The molecule has 0 bridgehead atoms. The number of hydrogen-bond donors (Lipinski definition) is 0. The molecule has 0 N–H and O–H groups in total. The lowest BCUT2D eigenvalue weighted by molar-refractivity contribution is 0.194. The largest absolute Gasteiger partial charge is 0.334 e. The molecule has 1 fully saturated rings. The number of anilines is 7. The van der Waals surface area contributed by atoms with E-state index in [9.17, 15) is 0 Å². The van der Waals surface area contributed by atoms with Gasteiger partial charge in [0.1, 0.15) is 0 Å². The third-order valence-electron chi connectivity index (χ3n) is 20.4. The van der Waals surface area contributed by atoms with Crippen LogP contribution in [0.3, 0.4) is 0 Å². The Bertz CT molecular complexity index is 3530. The molecule has 4 heteroatoms. The van der Waals surface area contributed by atoms with Crippen molar-refractivity contribution in [3.63, 3.8) is 0 Å². The highest BCUT2D eigenvalue weighted by Crippen LogP contribution is 2.67. The predicted molar refractivity (Wildman–Crippen MR) is 318 cm³/mol. The Kier molecular flexibility index (Phi) is 9.88. The number of hydrogen-bond acceptors (Lipinski definition) is 3. The molecule has 0 amide bonds. The van der Waals surface area contributed by atoms with Crippen molar-refractivity contribution in [1.82, 2.24) is 0 Å². The van der Waals surface area contributed by atoms with Gasteiger partial charge in [-0.15, -0.1) is 0 Å². The van der Waals surface area contributed by atoms with Crippen LogP contribution in [0.1, 0.15) is 172 Å². The molecule has 0 spiro atoms. The highest BCUT2D eigenvalue weighted by atomic mass is 15.3. The van der Waals surface area contributed by atoms with Gasteiger partial charge in [0.15, 0.2) is 0 Å². The van der Waals surface area contributed by atoms with Gasteiger partial charge in [0.05, 0.1) is 16.8 Å². The molecule has 376 valence electrons. The molecule has 3 nitrogen and oxygen atoms in total. The van der Waals surface area contributed by atoms with Gasteiger partial charge in [-0.3, -0.25) is 0 Å². The second-order valence-electron chi connectivity index (χ2n) is 27.8. The van der Waals surface area contributed by atoms with E-state index in [0.717, 1.165) is 19.3 Å². The SMILES string of the molecule is Cc1cc(C)c2c(c1)N(c1cc3c4c(c1)N1c5c(cc(C(C)(C)C)cc5C5(C)CCc6ccccc6C15C)B4c1cc(C(C)(C)C)ccc1N3c1ccc(C(C)(C)C)cc1-c1ccccc1)C1(C)CCCCC21C. The van der Waals surface area contributed by atoms with Crippen LogP contribution >= 0.6 is 0 Å². The number of aryl methyl sites for hydroxylation is 3. The van der Waals surface area contributed by atoms with Crippen LogP contribution in [0.15, 0.2) is 127 Å². The molecule has 6 aliphatic rings. The number of fused-ring (bicyclic) bond motifs is 12. The number of nitrogens with zero attached hydrogens (tertiary/aromatic N) is 3. The molecule has 4 atom stereocenters. The van der Waals surface area contributed by atoms with Crippen LogP contribution in [0.2, 0.25) is 0 Å². The number of benzene rings is 7. The monoisotopic (exact) mass is 972 g/mol. The molecule has 4 aliphatic heterocycles. The van der Waals surface area contributed by atoms with E-state index in [4.69, 9.17) is 0 Å². The molecular weight excluding hydrogens is 894 g/mol. The summed E-state index contributed by atoms with van der Waals surface area (Å²) in [5.41, 5.74) is 28.3. The first-order chi connectivity index (χ1) is 34.9. The van der Waals surface area contributed by atoms with E-state index in [-0.39, 0.29) is 44.9 Å². The van der Waals surface area contributed by atoms with Gasteiger partial charge in [-0.1, -0.05) is 180 Å². The van der Waals surface area contributed by atoms with E-state index in [1.54, 1.807) is 5.56 Å². The lowest BCUT2D eigenvalue weighted by Gasteiger charge is -2.54. The fourth-order valence-electron chi connectivity index (χ4n) is 16.0. The third kappa shape index (κ3) is 6.21. The van der Waals surface area contributed by atoms with Crippen molar-refractivity contribution < 1.29 is 0 Å². The maximum Gasteiger partial charge on any atom is 0.252 e. The van der Waals surface area contributed by atoms with Crippen molar-refractivity contribution in [3.8, 4) is 11.1 Å². The van der Waals surface area contributed by atoms with Crippen LogP contribution in [0.4, 0.5) is 39.8 Å². The smallest absolute Gasteiger partial charge is 0.252 e. The Morgan fingerprint density at radius 2 is 1.14 bits per heavy atom. The standard InChI is InChI=1S/C70H78BN3/c1-43-35-44(2)61-58(36-43)73(69(14)33-22-21-32-68(61,69)13)50-41-59-62-60(42-50)74-63-53(67(12)34-31-46-25-19-20-26-52(46)70(67,74)15)38-49(66(9,10)11)40-55(63)71(62)54-39-48(65(6,7)8)28-30-57(54)72(59)56-29-27-47(64(3,4)5)37-51(56)45-23-17-16-18-24-45/h16-20,23-30,35-42H,21-22,31-34H2,1-15H3. The van der Waals surface area contributed by atoms with Crippen LogP contribution in [0, 0.1) is 13.8 Å². The molecule has 7 aromatic rings. The van der Waals surface area contributed by atoms with E-state index < -0.39 is 0 Å². The van der Waals surface area contributed by atoms with Crippen molar-refractivity contribution in [3.05, 3.63) is 177 Å². The molecule has 1 saturated carbocycles. The highest BCUT2D eigenvalue weighted by Gasteiger charge is 2.64. The normalized spacial score (nSPS) is 24.2. The van der Waals surface area contributed by atoms with Crippen molar-refractivity contribution in [2.75, 3.05) is 14.7 Å². The Hall–Kier alpha value is -6.00. The first-order valence-corrected chi connectivity index (χ1v) is 28.2. The van der Waals surface area contributed by atoms with Crippen LogP contribution in [-0.4, -0.2) is 12.3 Å². The van der Waals surface area contributed by atoms with Crippen LogP contribution in [0.5, 0.6) is 0 Å². The summed E-state index contributed by atoms with van der Waals surface area (Å²) in [7, 11) is 0. The highest BCUT2D eigenvalue weighted by molar-refractivity contribution is 7.00. The lowest BCUT2D eigenvalue weighted by atomic mass is 9.33. The van der Waals surface area contributed by atoms with Gasteiger partial charge < -0.3 is 14.7 Å². The summed E-state index contributed by atoms with van der Waals surface area (Å²) in [5.74, 6) is 0. The van der Waals surface area contributed by atoms with Gasteiger partial charge in [-0.05, 0) is 178 Å². The first kappa shape index (κ1) is 47.7. The van der Waals surface area contributed by atoms with Gasteiger partial charge in [0, 0.05) is 50.5 Å². The average molecular weight is 972 g/mol. The van der Waals surface area contributed by atoms with Gasteiger partial charge in [0.25, 0.3) is 6.71 Å². The minimum absolute atomic E-state index is 0.00340. The molecule has 74 heavy (non-hydrogen) atoms. The Morgan fingerprint density at radius 1 is 0.500 bits per heavy atom. The molecule has 0 radical (unpaired) electrons. The van der Waals surface area contributed by atoms with Gasteiger partial charge >= 0.3 is 0 Å². The van der Waals surface area contributed by atoms with Crippen LogP contribution < -0.4 is 31.1 Å². The van der Waals surface area contributed by atoms with Crippen LogP contribution in [0.25, 0.3) is 11.1 Å². The van der Waals surface area contributed by atoms with Crippen molar-refractivity contribution in [2.45, 2.75) is 181 Å². The zero-order valence-electron chi connectivity index (χ0n) is 47.3. The lowest BCUT2D eigenvalue weighted by Crippen LogP contribution is -2.64. The summed E-state index contributed by atoms with van der Waals surface area (Å²) in [4.78, 5) is 8.57. The molecular formula is C70H78BN3. The minimum atomic E-state index is -0.367. The van der Waals surface area contributed by atoms with Gasteiger partial charge in [0.2, 0.25) is 0 Å². The third-order valence-corrected chi connectivity index (χ3v) is 20.4. The van der Waals surface area contributed by atoms with E-state index >= 15 is 0 Å². The maximum atomic E-state index is 2.94. The second-order valence-corrected chi connectivity index (χ2v) is 27.8. The summed E-state index contributed by atoms with van der Waals surface area (Å²) >= 11 is 0. The summed E-state index contributed by atoms with van der Waals surface area (Å²) in [6, 6.07) is 51.5. The van der Waals surface area contributed by atoms with E-state index in [1.165, 1.54) is 131 Å². The summed E-state index contributed by atoms with van der Waals surface area (Å²) in [6.07, 6.45) is 7.00. The molecule has 7 aromatic carbocycles. The fraction of sp³-hybridized carbons (Fsp3) is 0.400. The van der Waals surface area contributed by atoms with Crippen molar-refractivity contribution in [1.29, 1.82) is 0 Å². The fourth-order valence-corrected chi connectivity index (χ4v) is 16.0. The van der Waals surface area contributed by atoms with Gasteiger partial charge in [-0.25, -0.2) is 0 Å². The average Bonchev–Trinajstić information content (AvgIpc) is 3.70. The van der Waals surface area contributed by atoms with E-state index in [0.29, 0.717) is 0 Å². The molecule has 4 unspecified atom stereocenters. The van der Waals surface area contributed by atoms with Crippen molar-refractivity contribution in [2.24, 2.45) is 0 Å². The topological polar surface area (TPSA) is 9.72 Å².